The van der Waals surface area contributed by atoms with Gasteiger partial charge in [0.05, 0.1) is 19.3 Å². The van der Waals surface area contributed by atoms with E-state index in [0.29, 0.717) is 12.0 Å². The van der Waals surface area contributed by atoms with E-state index < -0.39 is 0 Å². The van der Waals surface area contributed by atoms with E-state index in [4.69, 9.17) is 4.74 Å². The van der Waals surface area contributed by atoms with Gasteiger partial charge >= 0.3 is 0 Å². The Balaban J connectivity index is 1.36. The number of aliphatic hydroxyl groups excluding tert-OH is 1. The van der Waals surface area contributed by atoms with Crippen LogP contribution >= 0.6 is 0 Å². The Hall–Kier alpha value is -0.940. The van der Waals surface area contributed by atoms with Crippen molar-refractivity contribution in [2.45, 2.75) is 32.0 Å². The van der Waals surface area contributed by atoms with E-state index in [9.17, 15) is 5.11 Å². The average Bonchev–Trinajstić information content (AvgIpc) is 2.53. The van der Waals surface area contributed by atoms with Gasteiger partial charge in [0.1, 0.15) is 0 Å². The lowest BCUT2D eigenvalue weighted by Gasteiger charge is -2.48. The molecule has 2 heterocycles. The van der Waals surface area contributed by atoms with Crippen LogP contribution in [0.3, 0.4) is 0 Å². The molecule has 2 aliphatic rings. The Morgan fingerprint density at radius 3 is 2.65 bits per heavy atom. The normalized spacial score (nSPS) is 25.7. The number of hydrogen-bond acceptors (Lipinski definition) is 4. The standard InChI is InChI=1S/C19H30N2O2/c1-20-14-18(22)13-19(16-20)7-9-21(10-8-19)11-12-23-15-17-5-3-2-4-6-17/h2-6,18,22H,7-16H2,1H3. The van der Waals surface area contributed by atoms with Crippen LogP contribution in [0, 0.1) is 5.41 Å². The van der Waals surface area contributed by atoms with Crippen molar-refractivity contribution in [3.05, 3.63) is 35.9 Å². The van der Waals surface area contributed by atoms with Crippen molar-refractivity contribution in [3.8, 4) is 0 Å². The lowest BCUT2D eigenvalue weighted by atomic mass is 9.72. The summed E-state index contributed by atoms with van der Waals surface area (Å²) in [7, 11) is 2.13. The summed E-state index contributed by atoms with van der Waals surface area (Å²) in [4.78, 5) is 4.81. The third kappa shape index (κ3) is 4.77. The van der Waals surface area contributed by atoms with Crippen LogP contribution in [-0.4, -0.2) is 67.4 Å². The molecule has 1 aromatic rings. The Bertz CT molecular complexity index is 460. The molecule has 1 N–H and O–H groups in total. The number of β-amino-alcohol motifs (C(OH)–C–C–N with tert-alkyl or cyclic N) is 1. The number of likely N-dealkylation sites (tertiary alicyclic amines) is 2. The summed E-state index contributed by atoms with van der Waals surface area (Å²) in [6.45, 7) is 6.76. The predicted molar refractivity (Wildman–Crippen MR) is 92.3 cm³/mol. The van der Waals surface area contributed by atoms with Crippen LogP contribution in [0.15, 0.2) is 30.3 Å². The van der Waals surface area contributed by atoms with E-state index in [0.717, 1.165) is 45.8 Å². The molecule has 0 aromatic heterocycles. The number of aliphatic hydroxyl groups is 1. The van der Waals surface area contributed by atoms with Gasteiger partial charge in [0.15, 0.2) is 0 Å². The predicted octanol–water partition coefficient (Wildman–Crippen LogP) is 1.98. The number of nitrogens with zero attached hydrogens (tertiary/aromatic N) is 2. The molecule has 3 rings (SSSR count). The lowest BCUT2D eigenvalue weighted by molar-refractivity contribution is -0.0355. The smallest absolute Gasteiger partial charge is 0.0717 e. The zero-order valence-electron chi connectivity index (χ0n) is 14.3. The number of hydrogen-bond donors (Lipinski definition) is 1. The fraction of sp³-hybridized carbons (Fsp3) is 0.684. The van der Waals surface area contributed by atoms with Crippen molar-refractivity contribution < 1.29 is 9.84 Å². The molecule has 1 spiro atoms. The largest absolute Gasteiger partial charge is 0.392 e. The maximum Gasteiger partial charge on any atom is 0.0717 e. The minimum absolute atomic E-state index is 0.144. The maximum absolute atomic E-state index is 10.1. The molecule has 2 saturated heterocycles. The van der Waals surface area contributed by atoms with Gasteiger partial charge in [-0.2, -0.15) is 0 Å². The fourth-order valence-corrected chi connectivity index (χ4v) is 4.20. The third-order valence-corrected chi connectivity index (χ3v) is 5.38. The highest BCUT2D eigenvalue weighted by atomic mass is 16.5. The highest BCUT2D eigenvalue weighted by Crippen LogP contribution is 2.39. The first-order valence-corrected chi connectivity index (χ1v) is 8.86. The van der Waals surface area contributed by atoms with Crippen LogP contribution in [0.5, 0.6) is 0 Å². The number of likely N-dealkylation sites (N-methyl/N-ethyl adjacent to an activating group) is 1. The topological polar surface area (TPSA) is 35.9 Å². The first kappa shape index (κ1) is 16.9. The molecule has 4 nitrogen and oxygen atoms in total. The van der Waals surface area contributed by atoms with Crippen molar-refractivity contribution in [2.75, 3.05) is 46.4 Å². The molecule has 0 bridgehead atoms. The highest BCUT2D eigenvalue weighted by molar-refractivity contribution is 5.13. The summed E-state index contributed by atoms with van der Waals surface area (Å²) < 4.78 is 5.80. The molecule has 0 aliphatic carbocycles. The second-order valence-corrected chi connectivity index (χ2v) is 7.43. The fourth-order valence-electron chi connectivity index (χ4n) is 4.20. The summed E-state index contributed by atoms with van der Waals surface area (Å²) in [5, 5.41) is 10.1. The quantitative estimate of drug-likeness (QED) is 0.842. The van der Waals surface area contributed by atoms with E-state index in [-0.39, 0.29) is 6.10 Å². The van der Waals surface area contributed by atoms with Crippen LogP contribution in [0.1, 0.15) is 24.8 Å². The molecular weight excluding hydrogens is 288 g/mol. The van der Waals surface area contributed by atoms with Gasteiger partial charge < -0.3 is 19.6 Å². The molecule has 0 amide bonds. The van der Waals surface area contributed by atoms with Gasteiger partial charge in [-0.25, -0.2) is 0 Å². The molecule has 128 valence electrons. The highest BCUT2D eigenvalue weighted by Gasteiger charge is 2.40. The summed E-state index contributed by atoms with van der Waals surface area (Å²) in [5.41, 5.74) is 1.58. The van der Waals surface area contributed by atoms with Gasteiger partial charge in [-0.05, 0) is 50.4 Å². The van der Waals surface area contributed by atoms with Crippen LogP contribution in [0.4, 0.5) is 0 Å². The average molecular weight is 318 g/mol. The molecular formula is C19H30N2O2. The molecule has 2 fully saturated rings. The Morgan fingerprint density at radius 2 is 1.96 bits per heavy atom. The molecule has 1 aromatic carbocycles. The number of ether oxygens (including phenoxy) is 1. The van der Waals surface area contributed by atoms with Crippen LogP contribution < -0.4 is 0 Å². The summed E-state index contributed by atoms with van der Waals surface area (Å²) in [6.07, 6.45) is 3.24. The zero-order chi connectivity index (χ0) is 16.1. The van der Waals surface area contributed by atoms with Crippen molar-refractivity contribution in [1.82, 2.24) is 9.80 Å². The first-order chi connectivity index (χ1) is 11.2. The van der Waals surface area contributed by atoms with Crippen LogP contribution in [-0.2, 0) is 11.3 Å². The van der Waals surface area contributed by atoms with Gasteiger partial charge in [-0.15, -0.1) is 0 Å². The van der Waals surface area contributed by atoms with Crippen LogP contribution in [0.25, 0.3) is 0 Å². The van der Waals surface area contributed by atoms with Gasteiger partial charge in [0, 0.05) is 19.6 Å². The molecule has 0 radical (unpaired) electrons. The number of benzene rings is 1. The molecule has 0 saturated carbocycles. The minimum Gasteiger partial charge on any atom is -0.392 e. The van der Waals surface area contributed by atoms with E-state index >= 15 is 0 Å². The van der Waals surface area contributed by atoms with Crippen molar-refractivity contribution in [2.24, 2.45) is 5.41 Å². The summed E-state index contributed by atoms with van der Waals surface area (Å²) in [6, 6.07) is 10.4. The third-order valence-electron chi connectivity index (χ3n) is 5.38. The molecule has 23 heavy (non-hydrogen) atoms. The second kappa shape index (κ2) is 7.75. The van der Waals surface area contributed by atoms with E-state index in [1.54, 1.807) is 0 Å². The summed E-state index contributed by atoms with van der Waals surface area (Å²) >= 11 is 0. The van der Waals surface area contributed by atoms with Crippen LogP contribution in [0.2, 0.25) is 0 Å². The first-order valence-electron chi connectivity index (χ1n) is 8.86. The van der Waals surface area contributed by atoms with Gasteiger partial charge in [-0.1, -0.05) is 30.3 Å². The second-order valence-electron chi connectivity index (χ2n) is 7.43. The summed E-state index contributed by atoms with van der Waals surface area (Å²) in [5.74, 6) is 0. The van der Waals surface area contributed by atoms with Gasteiger partial charge in [-0.3, -0.25) is 0 Å². The van der Waals surface area contributed by atoms with Crippen molar-refractivity contribution in [3.63, 3.8) is 0 Å². The van der Waals surface area contributed by atoms with Crippen molar-refractivity contribution in [1.29, 1.82) is 0 Å². The lowest BCUT2D eigenvalue weighted by Crippen LogP contribution is -2.52. The van der Waals surface area contributed by atoms with Gasteiger partial charge in [0.25, 0.3) is 0 Å². The Morgan fingerprint density at radius 1 is 1.22 bits per heavy atom. The Labute approximate surface area is 140 Å². The monoisotopic (exact) mass is 318 g/mol. The molecule has 1 atom stereocenters. The maximum atomic E-state index is 10.1. The molecule has 2 aliphatic heterocycles. The van der Waals surface area contributed by atoms with Gasteiger partial charge in [0.2, 0.25) is 0 Å². The number of rotatable bonds is 5. The van der Waals surface area contributed by atoms with E-state index in [1.807, 2.05) is 6.07 Å². The van der Waals surface area contributed by atoms with E-state index in [1.165, 1.54) is 18.4 Å². The molecule has 4 heteroatoms. The Kier molecular flexibility index (Phi) is 5.70. The van der Waals surface area contributed by atoms with E-state index in [2.05, 4.69) is 41.1 Å². The zero-order valence-corrected chi connectivity index (χ0v) is 14.3. The SMILES string of the molecule is CN1CC(O)CC2(CCN(CCOCc3ccccc3)CC2)C1. The molecule has 1 unspecified atom stereocenters. The number of piperidine rings is 2. The van der Waals surface area contributed by atoms with Crippen molar-refractivity contribution >= 4 is 0 Å². The minimum atomic E-state index is -0.144.